The van der Waals surface area contributed by atoms with Gasteiger partial charge in [-0.1, -0.05) is 12.1 Å². The number of pyridine rings is 1. The molecule has 3 aromatic rings. The number of anilines is 2. The van der Waals surface area contributed by atoms with Crippen LogP contribution in [-0.2, 0) is 4.74 Å². The third-order valence-electron chi connectivity index (χ3n) is 7.61. The van der Waals surface area contributed by atoms with Gasteiger partial charge < -0.3 is 15.0 Å². The maximum absolute atomic E-state index is 14.1. The Hall–Kier alpha value is -2.92. The number of benzene rings is 1. The SMILES string of the molecule is CN(CC(F)F)C1CCC(CNc2cc(-n3c(C(F)F)nc4ccccc43)cc(N3CCOCC3)n2)CC1. The third kappa shape index (κ3) is 6.04. The van der Waals surface area contributed by atoms with Gasteiger partial charge in [-0.25, -0.2) is 27.5 Å². The van der Waals surface area contributed by atoms with Crippen molar-refractivity contribution in [1.82, 2.24) is 19.4 Å². The molecule has 0 radical (unpaired) electrons. The maximum Gasteiger partial charge on any atom is 0.295 e. The van der Waals surface area contributed by atoms with Crippen LogP contribution in [0.3, 0.4) is 0 Å². The Balaban J connectivity index is 1.38. The molecule has 1 saturated carbocycles. The molecule has 0 unspecified atom stereocenters. The fourth-order valence-corrected chi connectivity index (χ4v) is 5.54. The molecule has 1 saturated heterocycles. The first-order chi connectivity index (χ1) is 18.4. The number of imidazole rings is 1. The molecular weight excluding hydrogens is 500 g/mol. The summed E-state index contributed by atoms with van der Waals surface area (Å²) in [6, 6.07) is 10.9. The first-order valence-electron chi connectivity index (χ1n) is 13.2. The van der Waals surface area contributed by atoms with Gasteiger partial charge in [-0.2, -0.15) is 0 Å². The zero-order valence-electron chi connectivity index (χ0n) is 21.5. The quantitative estimate of drug-likeness (QED) is 0.373. The summed E-state index contributed by atoms with van der Waals surface area (Å²) in [7, 11) is 1.77. The molecule has 2 aromatic heterocycles. The molecule has 3 heterocycles. The Morgan fingerprint density at radius 1 is 1.03 bits per heavy atom. The van der Waals surface area contributed by atoms with Crippen molar-refractivity contribution in [3.63, 3.8) is 0 Å². The molecule has 1 aliphatic heterocycles. The number of nitrogens with zero attached hydrogens (tertiary/aromatic N) is 5. The highest BCUT2D eigenvalue weighted by Gasteiger charge is 2.26. The lowest BCUT2D eigenvalue weighted by Gasteiger charge is -2.34. The Bertz CT molecular complexity index is 1210. The Morgan fingerprint density at radius 2 is 1.76 bits per heavy atom. The highest BCUT2D eigenvalue weighted by molar-refractivity contribution is 5.79. The van der Waals surface area contributed by atoms with Crippen LogP contribution in [0, 0.1) is 5.92 Å². The Kier molecular flexibility index (Phi) is 8.32. The van der Waals surface area contributed by atoms with E-state index in [4.69, 9.17) is 9.72 Å². The smallest absolute Gasteiger partial charge is 0.295 e. The zero-order chi connectivity index (χ0) is 26.6. The van der Waals surface area contributed by atoms with Crippen molar-refractivity contribution in [2.45, 2.75) is 44.6 Å². The molecule has 0 amide bonds. The molecule has 0 atom stereocenters. The van der Waals surface area contributed by atoms with Crippen LogP contribution in [0.2, 0.25) is 0 Å². The molecule has 2 aliphatic rings. The van der Waals surface area contributed by atoms with Crippen LogP contribution in [0.1, 0.15) is 37.9 Å². The van der Waals surface area contributed by atoms with E-state index >= 15 is 0 Å². The summed E-state index contributed by atoms with van der Waals surface area (Å²) >= 11 is 0. The van der Waals surface area contributed by atoms with Crippen molar-refractivity contribution in [1.29, 1.82) is 0 Å². The second kappa shape index (κ2) is 11.9. The van der Waals surface area contributed by atoms with Gasteiger partial charge in [0.05, 0.1) is 36.5 Å². The lowest BCUT2D eigenvalue weighted by Crippen LogP contribution is -2.38. The molecule has 0 bridgehead atoms. The van der Waals surface area contributed by atoms with E-state index in [1.807, 2.05) is 12.1 Å². The largest absolute Gasteiger partial charge is 0.378 e. The highest BCUT2D eigenvalue weighted by Crippen LogP contribution is 2.32. The van der Waals surface area contributed by atoms with Gasteiger partial charge in [0.25, 0.3) is 12.9 Å². The molecule has 1 N–H and O–H groups in total. The van der Waals surface area contributed by atoms with E-state index in [1.165, 1.54) is 4.57 Å². The van der Waals surface area contributed by atoms with Gasteiger partial charge in [-0.15, -0.1) is 0 Å². The zero-order valence-corrected chi connectivity index (χ0v) is 21.5. The number of rotatable bonds is 9. The monoisotopic (exact) mass is 534 g/mol. The van der Waals surface area contributed by atoms with Crippen molar-refractivity contribution in [2.24, 2.45) is 5.92 Å². The lowest BCUT2D eigenvalue weighted by atomic mass is 9.85. The minimum atomic E-state index is -2.74. The normalized spacial score (nSPS) is 20.7. The van der Waals surface area contributed by atoms with Crippen molar-refractivity contribution in [3.8, 4) is 5.69 Å². The highest BCUT2D eigenvalue weighted by atomic mass is 19.3. The van der Waals surface area contributed by atoms with Crippen LogP contribution in [0.5, 0.6) is 0 Å². The van der Waals surface area contributed by atoms with E-state index in [1.54, 1.807) is 36.2 Å². The predicted octanol–water partition coefficient (Wildman–Crippen LogP) is 5.36. The molecule has 38 heavy (non-hydrogen) atoms. The fraction of sp³-hybridized carbons (Fsp3) is 0.556. The molecule has 11 heteroatoms. The van der Waals surface area contributed by atoms with Crippen LogP contribution in [0.25, 0.3) is 16.7 Å². The molecule has 0 spiro atoms. The Morgan fingerprint density at radius 3 is 2.47 bits per heavy atom. The molecule has 1 aromatic carbocycles. The number of nitrogens with one attached hydrogen (secondary N) is 1. The number of halogens is 4. The van der Waals surface area contributed by atoms with E-state index in [2.05, 4.69) is 15.2 Å². The molecular formula is C27H34F4N6O. The summed E-state index contributed by atoms with van der Waals surface area (Å²) in [5.74, 6) is 1.39. The van der Waals surface area contributed by atoms with Gasteiger partial charge in [-0.05, 0) is 50.8 Å². The van der Waals surface area contributed by atoms with Gasteiger partial charge in [0.2, 0.25) is 0 Å². The van der Waals surface area contributed by atoms with Gasteiger partial charge in [0.1, 0.15) is 11.6 Å². The summed E-state index contributed by atoms with van der Waals surface area (Å²) in [5, 5.41) is 3.45. The summed E-state index contributed by atoms with van der Waals surface area (Å²) in [4.78, 5) is 12.9. The molecule has 2 fully saturated rings. The number of alkyl halides is 4. The third-order valence-corrected chi connectivity index (χ3v) is 7.61. The van der Waals surface area contributed by atoms with Crippen LogP contribution >= 0.6 is 0 Å². The number of hydrogen-bond donors (Lipinski definition) is 1. The maximum atomic E-state index is 14.1. The second-order valence-corrected chi connectivity index (χ2v) is 10.1. The average molecular weight is 535 g/mol. The van der Waals surface area contributed by atoms with E-state index in [0.29, 0.717) is 67.1 Å². The molecule has 7 nitrogen and oxygen atoms in total. The average Bonchev–Trinajstić information content (AvgIpc) is 3.32. The summed E-state index contributed by atoms with van der Waals surface area (Å²) in [6.07, 6.45) is -1.44. The first kappa shape index (κ1) is 26.7. The molecule has 5 rings (SSSR count). The van der Waals surface area contributed by atoms with Crippen molar-refractivity contribution in [2.75, 3.05) is 56.7 Å². The summed E-state index contributed by atoms with van der Waals surface area (Å²) in [5.41, 5.74) is 1.69. The van der Waals surface area contributed by atoms with Crippen molar-refractivity contribution >= 4 is 22.7 Å². The number of aromatic nitrogens is 3. The van der Waals surface area contributed by atoms with Gasteiger partial charge >= 0.3 is 0 Å². The van der Waals surface area contributed by atoms with Gasteiger partial charge in [0.15, 0.2) is 5.82 Å². The minimum Gasteiger partial charge on any atom is -0.378 e. The standard InChI is InChI=1S/C27H34F4N6O/c1-35(17-23(28)29)19-8-6-18(7-9-19)16-32-24-14-20(15-25(34-24)36-10-12-38-13-11-36)37-22-5-3-2-4-21(22)33-27(37)26(30)31/h2-5,14-15,18-19,23,26H,6-13,16-17H2,1H3,(H,32,34). The topological polar surface area (TPSA) is 58.5 Å². The van der Waals surface area contributed by atoms with E-state index in [0.717, 1.165) is 25.7 Å². The number of para-hydroxylation sites is 2. The predicted molar refractivity (Wildman–Crippen MR) is 140 cm³/mol. The van der Waals surface area contributed by atoms with Crippen molar-refractivity contribution in [3.05, 3.63) is 42.2 Å². The first-order valence-corrected chi connectivity index (χ1v) is 13.2. The van der Waals surface area contributed by atoms with E-state index in [-0.39, 0.29) is 18.4 Å². The second-order valence-electron chi connectivity index (χ2n) is 10.1. The van der Waals surface area contributed by atoms with Gasteiger partial charge in [-0.3, -0.25) is 9.47 Å². The van der Waals surface area contributed by atoms with E-state index < -0.39 is 12.9 Å². The van der Waals surface area contributed by atoms with Crippen LogP contribution < -0.4 is 10.2 Å². The molecule has 1 aliphatic carbocycles. The van der Waals surface area contributed by atoms with Crippen LogP contribution in [0.4, 0.5) is 29.2 Å². The number of morpholine rings is 1. The molecule has 206 valence electrons. The minimum absolute atomic E-state index is 0.178. The number of fused-ring (bicyclic) bond motifs is 1. The number of hydrogen-bond acceptors (Lipinski definition) is 6. The number of ether oxygens (including phenoxy) is 1. The van der Waals surface area contributed by atoms with Gasteiger partial charge in [0, 0.05) is 37.8 Å². The van der Waals surface area contributed by atoms with E-state index in [9.17, 15) is 17.6 Å². The lowest BCUT2D eigenvalue weighted by molar-refractivity contribution is 0.0660. The summed E-state index contributed by atoms with van der Waals surface area (Å²) in [6.45, 7) is 2.97. The Labute approximate surface area is 219 Å². The summed E-state index contributed by atoms with van der Waals surface area (Å²) < 4.78 is 60.7. The van der Waals surface area contributed by atoms with Crippen molar-refractivity contribution < 1.29 is 22.3 Å². The van der Waals surface area contributed by atoms with Crippen LogP contribution in [-0.4, -0.2) is 78.3 Å². The van der Waals surface area contributed by atoms with Crippen LogP contribution in [0.15, 0.2) is 36.4 Å². The fourth-order valence-electron chi connectivity index (χ4n) is 5.54.